The number of H-pyrrole nitrogens is 1. The van der Waals surface area contributed by atoms with E-state index in [0.717, 1.165) is 33.4 Å². The molecular weight excluding hydrogens is 341 g/mol. The van der Waals surface area contributed by atoms with E-state index in [1.807, 2.05) is 42.6 Å². The smallest absolute Gasteiger partial charge is 0.221 e. The number of hydrogen-bond acceptors (Lipinski definition) is 2. The van der Waals surface area contributed by atoms with E-state index in [4.69, 9.17) is 0 Å². The zero-order valence-corrected chi connectivity index (χ0v) is 14.8. The highest BCUT2D eigenvalue weighted by molar-refractivity contribution is 5.90. The second-order valence-corrected chi connectivity index (χ2v) is 6.46. The van der Waals surface area contributed by atoms with Gasteiger partial charge in [-0.3, -0.25) is 4.79 Å². The Morgan fingerprint density at radius 3 is 2.74 bits per heavy atom. The van der Waals surface area contributed by atoms with Gasteiger partial charge in [-0.1, -0.05) is 30.3 Å². The standard InChI is InChI=1S/C22H18FN3O/c1-14(27)26-19-7-4-6-15(10-19)17-11-20-18(13-25-22(20)24-12-17)9-16-5-2-3-8-21(16)23/h2-8,10-13H,9H2,1H3,(H,24,25)(H,26,27). The average molecular weight is 359 g/mol. The van der Waals surface area contributed by atoms with E-state index in [1.165, 1.54) is 13.0 Å². The van der Waals surface area contributed by atoms with Gasteiger partial charge in [0.25, 0.3) is 0 Å². The summed E-state index contributed by atoms with van der Waals surface area (Å²) in [6, 6.07) is 16.5. The van der Waals surface area contributed by atoms with E-state index < -0.39 is 0 Å². The van der Waals surface area contributed by atoms with Crippen LogP contribution < -0.4 is 5.32 Å². The summed E-state index contributed by atoms with van der Waals surface area (Å²) in [4.78, 5) is 18.9. The van der Waals surface area contributed by atoms with Gasteiger partial charge >= 0.3 is 0 Å². The summed E-state index contributed by atoms with van der Waals surface area (Å²) in [6.45, 7) is 1.48. The van der Waals surface area contributed by atoms with Gasteiger partial charge in [-0.2, -0.15) is 0 Å². The SMILES string of the molecule is CC(=O)Nc1cccc(-c2cnc3[nH]cc(Cc4ccccc4F)c3c2)c1. The number of hydrogen-bond donors (Lipinski definition) is 2. The molecule has 134 valence electrons. The van der Waals surface area contributed by atoms with Crippen LogP contribution in [0.3, 0.4) is 0 Å². The summed E-state index contributed by atoms with van der Waals surface area (Å²) in [5.74, 6) is -0.322. The van der Waals surface area contributed by atoms with Crippen LogP contribution in [0.15, 0.2) is 67.0 Å². The summed E-state index contributed by atoms with van der Waals surface area (Å²) in [5, 5.41) is 3.75. The number of aromatic amines is 1. The number of carbonyl (C=O) groups is 1. The highest BCUT2D eigenvalue weighted by Crippen LogP contribution is 2.28. The summed E-state index contributed by atoms with van der Waals surface area (Å²) in [5.41, 5.74) is 5.03. The topological polar surface area (TPSA) is 57.8 Å². The van der Waals surface area contributed by atoms with Gasteiger partial charge in [0.1, 0.15) is 11.5 Å². The Kier molecular flexibility index (Phi) is 4.42. The normalized spacial score (nSPS) is 10.9. The fourth-order valence-corrected chi connectivity index (χ4v) is 3.19. The Bertz CT molecular complexity index is 1130. The molecule has 2 aromatic carbocycles. The molecule has 4 nitrogen and oxygen atoms in total. The average Bonchev–Trinajstić information content (AvgIpc) is 3.05. The zero-order chi connectivity index (χ0) is 18.8. The van der Waals surface area contributed by atoms with Crippen LogP contribution in [0.4, 0.5) is 10.1 Å². The second-order valence-electron chi connectivity index (χ2n) is 6.46. The predicted molar refractivity (Wildman–Crippen MR) is 105 cm³/mol. The minimum absolute atomic E-state index is 0.112. The first-order chi connectivity index (χ1) is 13.1. The minimum Gasteiger partial charge on any atom is -0.346 e. The van der Waals surface area contributed by atoms with E-state index in [2.05, 4.69) is 15.3 Å². The maximum absolute atomic E-state index is 14.0. The van der Waals surface area contributed by atoms with Crippen molar-refractivity contribution in [1.29, 1.82) is 0 Å². The first-order valence-electron chi connectivity index (χ1n) is 8.67. The third-order valence-corrected chi connectivity index (χ3v) is 4.47. The number of carbonyl (C=O) groups excluding carboxylic acids is 1. The molecule has 0 saturated carbocycles. The van der Waals surface area contributed by atoms with Gasteiger partial charge in [0.2, 0.25) is 5.91 Å². The van der Waals surface area contributed by atoms with Crippen molar-refractivity contribution in [3.63, 3.8) is 0 Å². The molecule has 0 unspecified atom stereocenters. The maximum atomic E-state index is 14.0. The summed E-state index contributed by atoms with van der Waals surface area (Å²) >= 11 is 0. The number of anilines is 1. The molecule has 0 aliphatic heterocycles. The van der Waals surface area contributed by atoms with Gasteiger partial charge in [-0.05, 0) is 41.0 Å². The van der Waals surface area contributed by atoms with Crippen molar-refractivity contribution >= 4 is 22.6 Å². The Hall–Kier alpha value is -3.47. The molecule has 4 aromatic rings. The molecule has 1 amide bonds. The number of pyridine rings is 1. The van der Waals surface area contributed by atoms with Crippen molar-refractivity contribution in [2.24, 2.45) is 0 Å². The van der Waals surface area contributed by atoms with Crippen LogP contribution in [0, 0.1) is 5.82 Å². The van der Waals surface area contributed by atoms with Gasteiger partial charge in [0.05, 0.1) is 0 Å². The second kappa shape index (κ2) is 7.03. The molecule has 2 heterocycles. The van der Waals surface area contributed by atoms with Crippen LogP contribution in [-0.4, -0.2) is 15.9 Å². The van der Waals surface area contributed by atoms with E-state index >= 15 is 0 Å². The molecule has 0 atom stereocenters. The number of nitrogens with zero attached hydrogens (tertiary/aromatic N) is 1. The van der Waals surface area contributed by atoms with Crippen LogP contribution in [0.5, 0.6) is 0 Å². The number of benzene rings is 2. The van der Waals surface area contributed by atoms with E-state index in [0.29, 0.717) is 12.0 Å². The van der Waals surface area contributed by atoms with E-state index in [1.54, 1.807) is 18.3 Å². The van der Waals surface area contributed by atoms with Crippen LogP contribution in [0.2, 0.25) is 0 Å². The lowest BCUT2D eigenvalue weighted by atomic mass is 10.0. The molecule has 0 aliphatic carbocycles. The lowest BCUT2D eigenvalue weighted by molar-refractivity contribution is -0.114. The molecule has 2 N–H and O–H groups in total. The molecular formula is C22H18FN3O. The minimum atomic E-state index is -0.209. The van der Waals surface area contributed by atoms with Crippen molar-refractivity contribution in [3.8, 4) is 11.1 Å². The Balaban J connectivity index is 1.72. The molecule has 4 rings (SSSR count). The largest absolute Gasteiger partial charge is 0.346 e. The van der Waals surface area contributed by atoms with Crippen molar-refractivity contribution in [2.45, 2.75) is 13.3 Å². The quantitative estimate of drug-likeness (QED) is 0.543. The van der Waals surface area contributed by atoms with Crippen LogP contribution in [0.1, 0.15) is 18.1 Å². The number of amides is 1. The van der Waals surface area contributed by atoms with Gasteiger partial charge in [0, 0.05) is 42.4 Å². The molecule has 0 saturated heterocycles. The fourth-order valence-electron chi connectivity index (χ4n) is 3.19. The van der Waals surface area contributed by atoms with Gasteiger partial charge in [-0.25, -0.2) is 9.37 Å². The lowest BCUT2D eigenvalue weighted by Gasteiger charge is -2.07. The first kappa shape index (κ1) is 17.0. The van der Waals surface area contributed by atoms with Crippen LogP contribution >= 0.6 is 0 Å². The molecule has 0 fully saturated rings. The Labute approximate surface area is 156 Å². The first-order valence-corrected chi connectivity index (χ1v) is 8.67. The molecule has 0 radical (unpaired) electrons. The van der Waals surface area contributed by atoms with Crippen LogP contribution in [0.25, 0.3) is 22.2 Å². The summed E-state index contributed by atoms with van der Waals surface area (Å²) in [7, 11) is 0. The van der Waals surface area contributed by atoms with Crippen molar-refractivity contribution < 1.29 is 9.18 Å². The Morgan fingerprint density at radius 2 is 1.93 bits per heavy atom. The highest BCUT2D eigenvalue weighted by Gasteiger charge is 2.10. The summed E-state index contributed by atoms with van der Waals surface area (Å²) in [6.07, 6.45) is 4.16. The molecule has 0 bridgehead atoms. The van der Waals surface area contributed by atoms with Crippen molar-refractivity contribution in [2.75, 3.05) is 5.32 Å². The molecule has 5 heteroatoms. The Morgan fingerprint density at radius 1 is 1.07 bits per heavy atom. The van der Waals surface area contributed by atoms with Gasteiger partial charge in [0.15, 0.2) is 0 Å². The molecule has 0 aliphatic rings. The number of rotatable bonds is 4. The molecule has 27 heavy (non-hydrogen) atoms. The zero-order valence-electron chi connectivity index (χ0n) is 14.8. The third-order valence-electron chi connectivity index (χ3n) is 4.47. The monoisotopic (exact) mass is 359 g/mol. The fraction of sp³-hybridized carbons (Fsp3) is 0.0909. The number of halogens is 1. The molecule has 2 aromatic heterocycles. The predicted octanol–water partition coefficient (Wildman–Crippen LogP) is 4.92. The maximum Gasteiger partial charge on any atom is 0.221 e. The summed E-state index contributed by atoms with van der Waals surface area (Å²) < 4.78 is 14.0. The van der Waals surface area contributed by atoms with Gasteiger partial charge < -0.3 is 10.3 Å². The number of nitrogens with one attached hydrogen (secondary N) is 2. The van der Waals surface area contributed by atoms with E-state index in [-0.39, 0.29) is 11.7 Å². The number of fused-ring (bicyclic) bond motifs is 1. The van der Waals surface area contributed by atoms with Gasteiger partial charge in [-0.15, -0.1) is 0 Å². The van der Waals surface area contributed by atoms with Crippen molar-refractivity contribution in [1.82, 2.24) is 9.97 Å². The lowest BCUT2D eigenvalue weighted by Crippen LogP contribution is -2.05. The van der Waals surface area contributed by atoms with Crippen LogP contribution in [-0.2, 0) is 11.2 Å². The number of aromatic nitrogens is 2. The molecule has 0 spiro atoms. The van der Waals surface area contributed by atoms with E-state index in [9.17, 15) is 9.18 Å². The van der Waals surface area contributed by atoms with Crippen molar-refractivity contribution in [3.05, 3.63) is 83.9 Å². The highest BCUT2D eigenvalue weighted by atomic mass is 19.1. The third kappa shape index (κ3) is 3.58.